The molecule has 152 valence electrons. The summed E-state index contributed by atoms with van der Waals surface area (Å²) in [5.41, 5.74) is 4.71. The summed E-state index contributed by atoms with van der Waals surface area (Å²) in [6.07, 6.45) is 0. The van der Waals surface area contributed by atoms with Crippen molar-refractivity contribution in [3.05, 3.63) is 119 Å². The van der Waals surface area contributed by atoms with Crippen LogP contribution in [0.2, 0.25) is 10.0 Å². The molecule has 0 N–H and O–H groups in total. The highest BCUT2D eigenvalue weighted by molar-refractivity contribution is 6.39. The van der Waals surface area contributed by atoms with E-state index in [0.717, 1.165) is 42.7 Å². The minimum absolute atomic E-state index is 0.735. The van der Waals surface area contributed by atoms with Gasteiger partial charge in [-0.3, -0.25) is 0 Å². The van der Waals surface area contributed by atoms with Gasteiger partial charge in [-0.1, -0.05) is 108 Å². The molecular formula is C30H18Cl2. The van der Waals surface area contributed by atoms with E-state index in [1.54, 1.807) is 0 Å². The van der Waals surface area contributed by atoms with Crippen LogP contribution >= 0.6 is 23.2 Å². The second-order valence-electron chi connectivity index (χ2n) is 8.06. The van der Waals surface area contributed by atoms with E-state index in [1.807, 2.05) is 24.3 Å². The van der Waals surface area contributed by atoms with Gasteiger partial charge in [0.05, 0.1) is 0 Å². The van der Waals surface area contributed by atoms with Crippen LogP contribution in [-0.4, -0.2) is 0 Å². The summed E-state index contributed by atoms with van der Waals surface area (Å²) < 4.78 is 0. The molecule has 32 heavy (non-hydrogen) atoms. The molecule has 0 spiro atoms. The highest BCUT2D eigenvalue weighted by Gasteiger charge is 2.13. The Morgan fingerprint density at radius 1 is 0.375 bits per heavy atom. The Labute approximate surface area is 196 Å². The van der Waals surface area contributed by atoms with Gasteiger partial charge in [0, 0.05) is 20.8 Å². The van der Waals surface area contributed by atoms with Gasteiger partial charge in [-0.15, -0.1) is 0 Å². The normalized spacial score (nSPS) is 11.4. The maximum absolute atomic E-state index is 6.58. The Balaban J connectivity index is 1.55. The van der Waals surface area contributed by atoms with Crippen LogP contribution in [0.15, 0.2) is 109 Å². The molecule has 0 aliphatic heterocycles. The Hall–Kier alpha value is -3.32. The topological polar surface area (TPSA) is 0 Å². The van der Waals surface area contributed by atoms with Gasteiger partial charge in [0.15, 0.2) is 0 Å². The zero-order valence-corrected chi connectivity index (χ0v) is 18.7. The summed E-state index contributed by atoms with van der Waals surface area (Å²) in [4.78, 5) is 0. The Morgan fingerprint density at radius 2 is 0.938 bits per heavy atom. The first kappa shape index (κ1) is 19.4. The number of halogens is 2. The van der Waals surface area contributed by atoms with Crippen molar-refractivity contribution in [1.82, 2.24) is 0 Å². The van der Waals surface area contributed by atoms with Crippen molar-refractivity contribution in [2.75, 3.05) is 0 Å². The van der Waals surface area contributed by atoms with Crippen LogP contribution in [0.4, 0.5) is 0 Å². The standard InChI is InChI=1S/C30H18Cl2/c31-28-9-3-7-24-26(28)18-27-25(8-4-10-29(27)32)30(24)21-14-11-20(12-15-21)23-16-13-19-5-1-2-6-22(19)17-23/h1-18H. The third-order valence-corrected chi connectivity index (χ3v) is 6.85. The van der Waals surface area contributed by atoms with Gasteiger partial charge in [0.1, 0.15) is 0 Å². The van der Waals surface area contributed by atoms with Crippen LogP contribution in [0.3, 0.4) is 0 Å². The highest BCUT2D eigenvalue weighted by atomic mass is 35.5. The molecule has 2 heteroatoms. The van der Waals surface area contributed by atoms with Crippen LogP contribution in [0.5, 0.6) is 0 Å². The summed E-state index contributed by atoms with van der Waals surface area (Å²) >= 11 is 13.2. The van der Waals surface area contributed by atoms with E-state index in [9.17, 15) is 0 Å². The average molecular weight is 449 g/mol. The third kappa shape index (κ3) is 3.15. The molecule has 0 bridgehead atoms. The molecule has 0 amide bonds. The largest absolute Gasteiger partial charge is 0.0837 e. The average Bonchev–Trinajstić information content (AvgIpc) is 2.83. The summed E-state index contributed by atoms with van der Waals surface area (Å²) in [6.45, 7) is 0. The Kier molecular flexibility index (Phi) is 4.64. The van der Waals surface area contributed by atoms with Crippen molar-refractivity contribution in [3.8, 4) is 22.3 Å². The quantitative estimate of drug-likeness (QED) is 0.231. The van der Waals surface area contributed by atoms with Crippen LogP contribution < -0.4 is 0 Å². The van der Waals surface area contributed by atoms with Crippen molar-refractivity contribution >= 4 is 55.5 Å². The monoisotopic (exact) mass is 448 g/mol. The Bertz CT molecular complexity index is 1570. The zero-order valence-electron chi connectivity index (χ0n) is 17.1. The van der Waals surface area contributed by atoms with Crippen molar-refractivity contribution in [2.24, 2.45) is 0 Å². The van der Waals surface area contributed by atoms with Gasteiger partial charge < -0.3 is 0 Å². The van der Waals surface area contributed by atoms with E-state index in [-0.39, 0.29) is 0 Å². The van der Waals surface area contributed by atoms with Crippen LogP contribution in [0.1, 0.15) is 0 Å². The molecule has 0 nitrogen and oxygen atoms in total. The van der Waals surface area contributed by atoms with E-state index in [1.165, 1.54) is 21.9 Å². The van der Waals surface area contributed by atoms with Crippen LogP contribution in [0.25, 0.3) is 54.6 Å². The molecule has 0 aliphatic carbocycles. The number of fused-ring (bicyclic) bond motifs is 3. The lowest BCUT2D eigenvalue weighted by atomic mass is 9.91. The molecule has 6 aromatic carbocycles. The lowest BCUT2D eigenvalue weighted by molar-refractivity contribution is 1.63. The van der Waals surface area contributed by atoms with Crippen molar-refractivity contribution in [2.45, 2.75) is 0 Å². The van der Waals surface area contributed by atoms with E-state index >= 15 is 0 Å². The number of rotatable bonds is 2. The maximum Gasteiger partial charge on any atom is 0.0484 e. The third-order valence-electron chi connectivity index (χ3n) is 6.19. The first-order valence-electron chi connectivity index (χ1n) is 10.6. The minimum atomic E-state index is 0.735. The van der Waals surface area contributed by atoms with E-state index < -0.39 is 0 Å². The molecule has 6 rings (SSSR count). The lowest BCUT2D eigenvalue weighted by Crippen LogP contribution is -1.87. The molecule has 0 aliphatic rings. The fourth-order valence-electron chi connectivity index (χ4n) is 4.60. The highest BCUT2D eigenvalue weighted by Crippen LogP contribution is 2.41. The zero-order chi connectivity index (χ0) is 21.7. The summed E-state index contributed by atoms with van der Waals surface area (Å²) in [5.74, 6) is 0. The number of hydrogen-bond donors (Lipinski definition) is 0. The van der Waals surface area contributed by atoms with Crippen molar-refractivity contribution in [1.29, 1.82) is 0 Å². The predicted molar refractivity (Wildman–Crippen MR) is 140 cm³/mol. The summed E-state index contributed by atoms with van der Waals surface area (Å²) in [5, 5.41) is 8.27. The molecule has 0 fully saturated rings. The van der Waals surface area contributed by atoms with Gasteiger partial charge in [-0.2, -0.15) is 0 Å². The predicted octanol–water partition coefficient (Wildman–Crippen LogP) is 9.79. The van der Waals surface area contributed by atoms with Crippen molar-refractivity contribution in [3.63, 3.8) is 0 Å². The molecule has 0 saturated heterocycles. The fraction of sp³-hybridized carbons (Fsp3) is 0. The number of hydrogen-bond acceptors (Lipinski definition) is 0. The van der Waals surface area contributed by atoms with Crippen molar-refractivity contribution < 1.29 is 0 Å². The Morgan fingerprint density at radius 3 is 1.59 bits per heavy atom. The van der Waals surface area contributed by atoms with Gasteiger partial charge in [-0.05, 0) is 68.1 Å². The fourth-order valence-corrected chi connectivity index (χ4v) is 5.06. The van der Waals surface area contributed by atoms with Gasteiger partial charge in [0.25, 0.3) is 0 Å². The van der Waals surface area contributed by atoms with Gasteiger partial charge in [0.2, 0.25) is 0 Å². The molecule has 0 radical (unpaired) electrons. The molecular weight excluding hydrogens is 431 g/mol. The lowest BCUT2D eigenvalue weighted by Gasteiger charge is -2.14. The van der Waals surface area contributed by atoms with Gasteiger partial charge >= 0.3 is 0 Å². The molecule has 0 unspecified atom stereocenters. The number of benzene rings is 6. The maximum atomic E-state index is 6.58. The minimum Gasteiger partial charge on any atom is -0.0837 e. The van der Waals surface area contributed by atoms with E-state index in [4.69, 9.17) is 23.2 Å². The first-order chi connectivity index (χ1) is 15.7. The summed E-state index contributed by atoms with van der Waals surface area (Å²) in [7, 11) is 0. The van der Waals surface area contributed by atoms with Crippen LogP contribution in [-0.2, 0) is 0 Å². The molecule has 0 heterocycles. The molecule has 0 aromatic heterocycles. The SMILES string of the molecule is Clc1cccc2c(-c3ccc(-c4ccc5ccccc5c4)cc3)c3cccc(Cl)c3cc12. The molecule has 0 saturated carbocycles. The van der Waals surface area contributed by atoms with Crippen LogP contribution in [0, 0.1) is 0 Å². The van der Waals surface area contributed by atoms with Gasteiger partial charge in [-0.25, -0.2) is 0 Å². The van der Waals surface area contributed by atoms with E-state index in [0.29, 0.717) is 0 Å². The molecule has 0 atom stereocenters. The smallest absolute Gasteiger partial charge is 0.0484 e. The van der Waals surface area contributed by atoms with E-state index in [2.05, 4.69) is 84.9 Å². The molecule has 6 aromatic rings. The first-order valence-corrected chi connectivity index (χ1v) is 11.3. The second-order valence-corrected chi connectivity index (χ2v) is 8.88. The second kappa shape index (κ2) is 7.67. The summed E-state index contributed by atoms with van der Waals surface area (Å²) in [6, 6.07) is 38.1.